The van der Waals surface area contributed by atoms with Crippen molar-refractivity contribution < 1.29 is 9.59 Å². The standard InChI is InChI=1S/C30H31N5O2/c1-2-3-18-33-30(37)29(34-24-15-16-26-23(20-24)7-6-19-32-26)22-13-10-21(11-14-22)12-17-28(36)35-27-9-5-4-8-25(27)31/h4-17,19-20,29,34H,2-3,18,31H2,1H3,(H,33,37)(H,35,36)/b17-12+. The van der Waals surface area contributed by atoms with E-state index >= 15 is 0 Å². The second kappa shape index (κ2) is 12.4. The number of nitrogen functional groups attached to an aromatic ring is 1. The van der Waals surface area contributed by atoms with Crippen LogP contribution < -0.4 is 21.7 Å². The van der Waals surface area contributed by atoms with Gasteiger partial charge in [0.15, 0.2) is 0 Å². The van der Waals surface area contributed by atoms with Crippen molar-refractivity contribution in [3.8, 4) is 0 Å². The number of benzene rings is 3. The van der Waals surface area contributed by atoms with Crippen LogP contribution in [-0.4, -0.2) is 23.3 Å². The molecule has 0 fully saturated rings. The highest BCUT2D eigenvalue weighted by Crippen LogP contribution is 2.24. The summed E-state index contributed by atoms with van der Waals surface area (Å²) in [4.78, 5) is 29.8. The molecule has 1 unspecified atom stereocenters. The number of nitrogens with two attached hydrogens (primary N) is 1. The highest BCUT2D eigenvalue weighted by molar-refractivity contribution is 6.03. The average Bonchev–Trinajstić information content (AvgIpc) is 2.92. The Kier molecular flexibility index (Phi) is 8.49. The van der Waals surface area contributed by atoms with Gasteiger partial charge in [-0.25, -0.2) is 0 Å². The third-order valence-corrected chi connectivity index (χ3v) is 5.92. The summed E-state index contributed by atoms with van der Waals surface area (Å²) in [7, 11) is 0. The molecular formula is C30H31N5O2. The number of nitrogens with one attached hydrogen (secondary N) is 3. The molecule has 0 bridgehead atoms. The molecule has 0 spiro atoms. The lowest BCUT2D eigenvalue weighted by molar-refractivity contribution is -0.122. The Labute approximate surface area is 216 Å². The molecule has 0 aliphatic rings. The topological polar surface area (TPSA) is 109 Å². The first-order valence-electron chi connectivity index (χ1n) is 12.4. The Bertz CT molecular complexity index is 1400. The second-order valence-corrected chi connectivity index (χ2v) is 8.71. The van der Waals surface area contributed by atoms with Crippen LogP contribution in [-0.2, 0) is 9.59 Å². The van der Waals surface area contributed by atoms with Gasteiger partial charge in [-0.2, -0.15) is 0 Å². The third-order valence-electron chi connectivity index (χ3n) is 5.92. The number of nitrogens with zero attached hydrogens (tertiary/aromatic N) is 1. The van der Waals surface area contributed by atoms with Crippen molar-refractivity contribution in [2.24, 2.45) is 0 Å². The number of hydrogen-bond acceptors (Lipinski definition) is 5. The first kappa shape index (κ1) is 25.4. The fraction of sp³-hybridized carbons (Fsp3) is 0.167. The van der Waals surface area contributed by atoms with Gasteiger partial charge in [0.2, 0.25) is 11.8 Å². The number of pyridine rings is 1. The molecule has 1 atom stereocenters. The minimum Gasteiger partial charge on any atom is -0.397 e. The second-order valence-electron chi connectivity index (χ2n) is 8.71. The molecule has 0 saturated carbocycles. The molecule has 3 aromatic carbocycles. The van der Waals surface area contributed by atoms with Gasteiger partial charge in [0, 0.05) is 29.9 Å². The molecular weight excluding hydrogens is 462 g/mol. The summed E-state index contributed by atoms with van der Waals surface area (Å²) in [6.45, 7) is 2.71. The summed E-state index contributed by atoms with van der Waals surface area (Å²) in [6, 6.07) is 23.8. The number of para-hydroxylation sites is 2. The smallest absolute Gasteiger partial charge is 0.248 e. The van der Waals surface area contributed by atoms with Crippen molar-refractivity contribution in [3.63, 3.8) is 0 Å². The van der Waals surface area contributed by atoms with E-state index in [1.165, 1.54) is 6.08 Å². The van der Waals surface area contributed by atoms with Crippen LogP contribution in [0.3, 0.4) is 0 Å². The highest BCUT2D eigenvalue weighted by Gasteiger charge is 2.20. The van der Waals surface area contributed by atoms with Crippen molar-refractivity contribution in [1.82, 2.24) is 10.3 Å². The van der Waals surface area contributed by atoms with Crippen LogP contribution in [0.1, 0.15) is 36.9 Å². The molecule has 0 saturated heterocycles. The lowest BCUT2D eigenvalue weighted by Gasteiger charge is -2.20. The average molecular weight is 494 g/mol. The largest absolute Gasteiger partial charge is 0.397 e. The number of unbranched alkanes of at least 4 members (excludes halogenated alkanes) is 1. The number of rotatable bonds is 10. The maximum atomic E-state index is 13.1. The van der Waals surface area contributed by atoms with Crippen molar-refractivity contribution in [1.29, 1.82) is 0 Å². The summed E-state index contributed by atoms with van der Waals surface area (Å²) in [5, 5.41) is 10.2. The van der Waals surface area contributed by atoms with E-state index in [0.717, 1.165) is 40.6 Å². The molecule has 7 nitrogen and oxygen atoms in total. The predicted octanol–water partition coefficient (Wildman–Crippen LogP) is 5.54. The first-order valence-corrected chi connectivity index (χ1v) is 12.4. The van der Waals surface area contributed by atoms with Crippen molar-refractivity contribution in [3.05, 3.63) is 102 Å². The van der Waals surface area contributed by atoms with Crippen LogP contribution in [0.15, 0.2) is 91.1 Å². The van der Waals surface area contributed by atoms with Crippen molar-refractivity contribution in [2.45, 2.75) is 25.8 Å². The van der Waals surface area contributed by atoms with E-state index in [4.69, 9.17) is 5.73 Å². The van der Waals surface area contributed by atoms with Gasteiger partial charge in [-0.3, -0.25) is 14.6 Å². The Morgan fingerprint density at radius 2 is 1.81 bits per heavy atom. The molecule has 37 heavy (non-hydrogen) atoms. The fourth-order valence-electron chi connectivity index (χ4n) is 3.88. The minimum absolute atomic E-state index is 0.0946. The van der Waals surface area contributed by atoms with Gasteiger partial charge in [-0.1, -0.05) is 55.8 Å². The lowest BCUT2D eigenvalue weighted by Crippen LogP contribution is -2.34. The quantitative estimate of drug-likeness (QED) is 0.132. The van der Waals surface area contributed by atoms with Crippen molar-refractivity contribution in [2.75, 3.05) is 22.9 Å². The van der Waals surface area contributed by atoms with Crippen LogP contribution in [0.25, 0.3) is 17.0 Å². The maximum absolute atomic E-state index is 13.1. The van der Waals surface area contributed by atoms with E-state index in [-0.39, 0.29) is 11.8 Å². The molecule has 7 heteroatoms. The first-order chi connectivity index (χ1) is 18.0. The number of carbonyl (C=O) groups excluding carboxylic acids is 2. The summed E-state index contributed by atoms with van der Waals surface area (Å²) in [5.41, 5.74) is 10.3. The zero-order valence-corrected chi connectivity index (χ0v) is 20.8. The molecule has 4 rings (SSSR count). The minimum atomic E-state index is -0.576. The Morgan fingerprint density at radius 3 is 2.59 bits per heavy atom. The maximum Gasteiger partial charge on any atom is 0.248 e. The molecule has 0 aliphatic carbocycles. The van der Waals surface area contributed by atoms with Crippen LogP contribution in [0.2, 0.25) is 0 Å². The Hall–Kier alpha value is -4.65. The number of fused-ring (bicyclic) bond motifs is 1. The van der Waals surface area contributed by atoms with E-state index in [2.05, 4.69) is 27.9 Å². The van der Waals surface area contributed by atoms with Crippen LogP contribution in [0.4, 0.5) is 17.1 Å². The predicted molar refractivity (Wildman–Crippen MR) is 151 cm³/mol. The number of anilines is 3. The van der Waals surface area contributed by atoms with Gasteiger partial charge in [0.1, 0.15) is 6.04 Å². The van der Waals surface area contributed by atoms with E-state index in [1.54, 1.807) is 24.4 Å². The van der Waals surface area contributed by atoms with Gasteiger partial charge in [-0.05, 0) is 60.0 Å². The van der Waals surface area contributed by atoms with E-state index in [0.29, 0.717) is 17.9 Å². The molecule has 2 amide bonds. The number of aromatic nitrogens is 1. The number of hydrogen-bond donors (Lipinski definition) is 4. The lowest BCUT2D eigenvalue weighted by atomic mass is 10.0. The summed E-state index contributed by atoms with van der Waals surface area (Å²) in [5.74, 6) is -0.370. The van der Waals surface area contributed by atoms with Crippen LogP contribution >= 0.6 is 0 Å². The third kappa shape index (κ3) is 6.95. The van der Waals surface area contributed by atoms with Crippen LogP contribution in [0.5, 0.6) is 0 Å². The zero-order valence-electron chi connectivity index (χ0n) is 20.8. The molecule has 1 heterocycles. The fourth-order valence-corrected chi connectivity index (χ4v) is 3.88. The highest BCUT2D eigenvalue weighted by atomic mass is 16.2. The van der Waals surface area contributed by atoms with E-state index < -0.39 is 6.04 Å². The molecule has 1 aromatic heterocycles. The SMILES string of the molecule is CCCCNC(=O)C(Nc1ccc2ncccc2c1)c1ccc(/C=C/C(=O)Nc2ccccc2N)cc1. The molecule has 4 aromatic rings. The number of amides is 2. The summed E-state index contributed by atoms with van der Waals surface area (Å²) in [6.07, 6.45) is 6.86. The van der Waals surface area contributed by atoms with Crippen molar-refractivity contribution >= 4 is 45.9 Å². The molecule has 188 valence electrons. The number of carbonyl (C=O) groups is 2. The Morgan fingerprint density at radius 1 is 1.00 bits per heavy atom. The van der Waals surface area contributed by atoms with Gasteiger partial charge in [0.05, 0.1) is 16.9 Å². The van der Waals surface area contributed by atoms with Gasteiger partial charge in [0.25, 0.3) is 0 Å². The molecule has 0 aliphatic heterocycles. The Balaban J connectivity index is 1.49. The van der Waals surface area contributed by atoms with Gasteiger partial charge >= 0.3 is 0 Å². The molecule has 0 radical (unpaired) electrons. The van der Waals surface area contributed by atoms with E-state index in [9.17, 15) is 9.59 Å². The monoisotopic (exact) mass is 493 g/mol. The summed E-state index contributed by atoms with van der Waals surface area (Å²) < 4.78 is 0. The van der Waals surface area contributed by atoms with Crippen LogP contribution in [0, 0.1) is 0 Å². The summed E-state index contributed by atoms with van der Waals surface area (Å²) >= 11 is 0. The van der Waals surface area contributed by atoms with E-state index in [1.807, 2.05) is 66.7 Å². The van der Waals surface area contributed by atoms with Gasteiger partial charge in [-0.15, -0.1) is 0 Å². The normalized spacial score (nSPS) is 11.8. The zero-order chi connectivity index (χ0) is 26.0. The van der Waals surface area contributed by atoms with Gasteiger partial charge < -0.3 is 21.7 Å². The molecule has 5 N–H and O–H groups in total.